The van der Waals surface area contributed by atoms with Gasteiger partial charge < -0.3 is 10.1 Å². The summed E-state index contributed by atoms with van der Waals surface area (Å²) in [4.78, 5) is 25.5. The Morgan fingerprint density at radius 1 is 1.03 bits per heavy atom. The average molecular weight is 401 g/mol. The molecule has 1 atom stereocenters. The zero-order valence-electron chi connectivity index (χ0n) is 17.0. The molecule has 0 unspecified atom stereocenters. The van der Waals surface area contributed by atoms with Gasteiger partial charge in [0, 0.05) is 5.56 Å². The van der Waals surface area contributed by atoms with E-state index in [1.54, 1.807) is 14.0 Å². The van der Waals surface area contributed by atoms with Crippen molar-refractivity contribution < 1.29 is 14.3 Å². The molecule has 6 nitrogen and oxygen atoms in total. The molecule has 0 bridgehead atoms. The summed E-state index contributed by atoms with van der Waals surface area (Å²) in [5, 5.41) is 9.88. The van der Waals surface area contributed by atoms with Crippen LogP contribution in [0, 0.1) is 0 Å². The molecule has 6 heteroatoms. The molecule has 0 aromatic heterocycles. The van der Waals surface area contributed by atoms with Gasteiger partial charge in [-0.25, -0.2) is 4.79 Å². The van der Waals surface area contributed by atoms with Gasteiger partial charge in [0.05, 0.1) is 13.3 Å². The lowest BCUT2D eigenvalue weighted by molar-refractivity contribution is -0.130. The number of aryl methyl sites for hydroxylation is 1. The summed E-state index contributed by atoms with van der Waals surface area (Å²) >= 11 is 0. The molecule has 1 fully saturated rings. The van der Waals surface area contributed by atoms with Gasteiger partial charge in [-0.1, -0.05) is 60.7 Å². The number of fused-ring (bicyclic) bond motifs is 1. The molecule has 3 aromatic carbocycles. The number of imide groups is 1. The number of carbonyl (C=O) groups is 2. The van der Waals surface area contributed by atoms with Gasteiger partial charge >= 0.3 is 6.03 Å². The van der Waals surface area contributed by atoms with E-state index < -0.39 is 11.6 Å². The molecular weight excluding hydrogens is 378 g/mol. The Kier molecular flexibility index (Phi) is 5.23. The molecule has 1 heterocycles. The number of ether oxygens (including phenoxy) is 1. The third-order valence-electron chi connectivity index (χ3n) is 5.45. The van der Waals surface area contributed by atoms with E-state index in [-0.39, 0.29) is 5.91 Å². The maximum Gasteiger partial charge on any atom is 0.346 e. The number of benzene rings is 3. The predicted molar refractivity (Wildman–Crippen MR) is 117 cm³/mol. The van der Waals surface area contributed by atoms with Crippen LogP contribution < -0.4 is 10.1 Å². The fourth-order valence-electron chi connectivity index (χ4n) is 3.68. The van der Waals surface area contributed by atoms with Crippen molar-refractivity contribution in [3.05, 3.63) is 77.9 Å². The first-order chi connectivity index (χ1) is 14.5. The fraction of sp³-hybridized carbons (Fsp3) is 0.208. The molecule has 0 saturated carbocycles. The average Bonchev–Trinajstić information content (AvgIpc) is 2.99. The zero-order valence-corrected chi connectivity index (χ0v) is 17.0. The van der Waals surface area contributed by atoms with Crippen LogP contribution in [-0.4, -0.2) is 35.8 Å². The largest absolute Gasteiger partial charge is 0.496 e. The van der Waals surface area contributed by atoms with Crippen LogP contribution in [0.3, 0.4) is 0 Å². The van der Waals surface area contributed by atoms with E-state index >= 15 is 0 Å². The second-order valence-corrected chi connectivity index (χ2v) is 7.51. The molecule has 3 aromatic rings. The number of nitrogens with zero attached hydrogens (tertiary/aromatic N) is 2. The molecular formula is C24H23N3O3. The van der Waals surface area contributed by atoms with Crippen molar-refractivity contribution >= 4 is 28.9 Å². The number of nitrogens with one attached hydrogen (secondary N) is 1. The maximum atomic E-state index is 13.0. The molecule has 1 aliphatic heterocycles. The highest BCUT2D eigenvalue weighted by atomic mass is 16.5. The van der Waals surface area contributed by atoms with Crippen molar-refractivity contribution in [1.82, 2.24) is 10.3 Å². The summed E-state index contributed by atoms with van der Waals surface area (Å²) in [5.41, 5.74) is 0.838. The van der Waals surface area contributed by atoms with Gasteiger partial charge in [-0.15, -0.1) is 5.01 Å². The highest BCUT2D eigenvalue weighted by molar-refractivity contribution is 6.08. The van der Waals surface area contributed by atoms with E-state index in [0.717, 1.165) is 21.3 Å². The van der Waals surface area contributed by atoms with Gasteiger partial charge in [0.2, 0.25) is 0 Å². The van der Waals surface area contributed by atoms with Crippen LogP contribution >= 0.6 is 0 Å². The summed E-state index contributed by atoms with van der Waals surface area (Å²) < 4.78 is 5.46. The summed E-state index contributed by atoms with van der Waals surface area (Å²) in [7, 11) is 1.58. The summed E-state index contributed by atoms with van der Waals surface area (Å²) in [6.07, 6.45) is 2.69. The molecule has 0 aliphatic carbocycles. The minimum absolute atomic E-state index is 0.362. The minimum atomic E-state index is -0.993. The Labute approximate surface area is 175 Å². The number of hydrazone groups is 1. The topological polar surface area (TPSA) is 71.0 Å². The predicted octanol–water partition coefficient (Wildman–Crippen LogP) is 4.13. The molecule has 0 radical (unpaired) electrons. The van der Waals surface area contributed by atoms with E-state index in [9.17, 15) is 9.59 Å². The lowest BCUT2D eigenvalue weighted by Gasteiger charge is -2.20. The second-order valence-electron chi connectivity index (χ2n) is 7.51. The van der Waals surface area contributed by atoms with Gasteiger partial charge in [0.25, 0.3) is 5.91 Å². The van der Waals surface area contributed by atoms with Crippen LogP contribution in [0.4, 0.5) is 4.79 Å². The van der Waals surface area contributed by atoms with E-state index in [0.29, 0.717) is 24.2 Å². The third kappa shape index (κ3) is 3.64. The molecule has 4 rings (SSSR count). The Hall–Kier alpha value is -3.67. The molecule has 1 saturated heterocycles. The molecule has 1 aliphatic rings. The molecule has 30 heavy (non-hydrogen) atoms. The number of hydrogen-bond donors (Lipinski definition) is 1. The summed E-state index contributed by atoms with van der Waals surface area (Å²) in [5.74, 6) is 0.259. The maximum absolute atomic E-state index is 13.0. The number of urea groups is 1. The minimum Gasteiger partial charge on any atom is -0.496 e. The van der Waals surface area contributed by atoms with Gasteiger partial charge in [-0.2, -0.15) is 5.10 Å². The van der Waals surface area contributed by atoms with E-state index in [2.05, 4.69) is 10.4 Å². The second kappa shape index (κ2) is 7.99. The van der Waals surface area contributed by atoms with Crippen molar-refractivity contribution in [2.24, 2.45) is 5.10 Å². The zero-order chi connectivity index (χ0) is 21.1. The number of amides is 3. The monoisotopic (exact) mass is 401 g/mol. The Morgan fingerprint density at radius 3 is 2.53 bits per heavy atom. The first-order valence-electron chi connectivity index (χ1n) is 9.82. The molecule has 152 valence electrons. The number of carbonyl (C=O) groups excluding carboxylic acids is 2. The van der Waals surface area contributed by atoms with E-state index in [1.807, 2.05) is 66.7 Å². The van der Waals surface area contributed by atoms with Crippen molar-refractivity contribution in [2.45, 2.75) is 25.3 Å². The van der Waals surface area contributed by atoms with Gasteiger partial charge in [-0.05, 0) is 42.2 Å². The fourth-order valence-corrected chi connectivity index (χ4v) is 3.68. The Morgan fingerprint density at radius 2 is 1.77 bits per heavy atom. The normalized spacial score (nSPS) is 18.9. The van der Waals surface area contributed by atoms with Crippen LogP contribution in [0.25, 0.3) is 10.8 Å². The first kappa shape index (κ1) is 19.6. The van der Waals surface area contributed by atoms with Crippen LogP contribution in [0.15, 0.2) is 71.8 Å². The standard InChI is InChI=1S/C24H23N3O3/c1-24(15-14-17-8-4-3-5-9-17)22(28)27(23(29)26-24)25-16-20-19-11-7-6-10-18(19)12-13-21(20)30-2/h3-13,16H,14-15H2,1-2H3,(H,26,29)/b25-16-/t24-/m0/s1. The first-order valence-corrected chi connectivity index (χ1v) is 9.82. The van der Waals surface area contributed by atoms with E-state index in [1.165, 1.54) is 6.21 Å². The SMILES string of the molecule is COc1ccc2ccccc2c1/C=N\N1C(=O)N[C@@](C)(CCc2ccccc2)C1=O. The lowest BCUT2D eigenvalue weighted by Crippen LogP contribution is -2.44. The number of hydrogen-bond acceptors (Lipinski definition) is 4. The Bertz CT molecular complexity index is 1130. The van der Waals surface area contributed by atoms with Crippen LogP contribution in [0.5, 0.6) is 5.75 Å². The highest BCUT2D eigenvalue weighted by Gasteiger charge is 2.47. The summed E-state index contributed by atoms with van der Waals surface area (Å²) in [6.45, 7) is 1.74. The van der Waals surface area contributed by atoms with Crippen molar-refractivity contribution in [3.63, 3.8) is 0 Å². The van der Waals surface area contributed by atoms with Gasteiger partial charge in [0.1, 0.15) is 11.3 Å². The molecule has 1 N–H and O–H groups in total. The molecule has 3 amide bonds. The summed E-state index contributed by atoms with van der Waals surface area (Å²) in [6, 6.07) is 21.0. The molecule has 0 spiro atoms. The van der Waals surface area contributed by atoms with Gasteiger partial charge in [0.15, 0.2) is 0 Å². The van der Waals surface area contributed by atoms with E-state index in [4.69, 9.17) is 4.74 Å². The van der Waals surface area contributed by atoms with Crippen LogP contribution in [0.1, 0.15) is 24.5 Å². The lowest BCUT2D eigenvalue weighted by atomic mass is 9.93. The van der Waals surface area contributed by atoms with Crippen molar-refractivity contribution in [3.8, 4) is 5.75 Å². The smallest absolute Gasteiger partial charge is 0.346 e. The van der Waals surface area contributed by atoms with Gasteiger partial charge in [-0.3, -0.25) is 4.79 Å². The quantitative estimate of drug-likeness (QED) is 0.499. The number of rotatable bonds is 6. The number of methoxy groups -OCH3 is 1. The van der Waals surface area contributed by atoms with Crippen molar-refractivity contribution in [1.29, 1.82) is 0 Å². The van der Waals surface area contributed by atoms with Crippen molar-refractivity contribution in [2.75, 3.05) is 7.11 Å². The highest BCUT2D eigenvalue weighted by Crippen LogP contribution is 2.28. The Balaban J connectivity index is 1.58. The third-order valence-corrected chi connectivity index (χ3v) is 5.45. The van der Waals surface area contributed by atoms with Crippen LogP contribution in [0.2, 0.25) is 0 Å². The van der Waals surface area contributed by atoms with Crippen LogP contribution in [-0.2, 0) is 11.2 Å².